The van der Waals surface area contributed by atoms with E-state index in [0.717, 1.165) is 0 Å². The van der Waals surface area contributed by atoms with Gasteiger partial charge in [0.2, 0.25) is 11.8 Å². The molecule has 3 N–H and O–H groups in total. The van der Waals surface area contributed by atoms with Gasteiger partial charge in [-0.2, -0.15) is 5.10 Å². The Kier molecular flexibility index (Phi) is 6.99. The summed E-state index contributed by atoms with van der Waals surface area (Å²) in [5.74, 6) is -0.883. The highest BCUT2D eigenvalue weighted by atomic mass is 79.9. The van der Waals surface area contributed by atoms with Gasteiger partial charge in [0.1, 0.15) is 6.42 Å². The number of rotatable bonds is 6. The molecule has 136 valence electrons. The lowest BCUT2D eigenvalue weighted by Crippen LogP contribution is -2.24. The molecule has 0 saturated heterocycles. The number of phenolic OH excluding ortho intramolecular Hbond substituents is 1. The summed E-state index contributed by atoms with van der Waals surface area (Å²) in [4.78, 5) is 23.6. The Hall–Kier alpha value is -2.58. The standard InChI is InChI=1S/C17H15BrClN3O4/c1-26-14-7-10(6-11(18)17(14)25)9-20-22-16(24)8-15(23)21-13-5-3-2-4-12(13)19/h2-7,9,25H,8H2,1H3,(H,21,23)(H,22,24). The van der Waals surface area contributed by atoms with Gasteiger partial charge in [-0.05, 0) is 45.8 Å². The quantitative estimate of drug-likeness (QED) is 0.364. The Bertz CT molecular complexity index is 858. The largest absolute Gasteiger partial charge is 0.503 e. The van der Waals surface area contributed by atoms with Crippen LogP contribution in [0.5, 0.6) is 11.5 Å². The molecule has 0 bridgehead atoms. The molecule has 0 aliphatic carbocycles. The zero-order chi connectivity index (χ0) is 19.1. The number of para-hydroxylation sites is 1. The van der Waals surface area contributed by atoms with Gasteiger partial charge in [-0.25, -0.2) is 5.43 Å². The van der Waals surface area contributed by atoms with Crippen molar-refractivity contribution in [2.45, 2.75) is 6.42 Å². The van der Waals surface area contributed by atoms with Crippen LogP contribution in [0.3, 0.4) is 0 Å². The van der Waals surface area contributed by atoms with Crippen molar-refractivity contribution in [3.05, 3.63) is 51.5 Å². The summed E-state index contributed by atoms with van der Waals surface area (Å²) < 4.78 is 5.44. The summed E-state index contributed by atoms with van der Waals surface area (Å²) in [5, 5.41) is 16.4. The Morgan fingerprint density at radius 3 is 2.73 bits per heavy atom. The molecule has 0 atom stereocenters. The zero-order valence-electron chi connectivity index (χ0n) is 13.6. The number of nitrogens with zero attached hydrogens (tertiary/aromatic N) is 1. The molecule has 0 heterocycles. The monoisotopic (exact) mass is 439 g/mol. The Morgan fingerprint density at radius 1 is 1.31 bits per heavy atom. The number of carbonyl (C=O) groups is 2. The van der Waals surface area contributed by atoms with Crippen molar-refractivity contribution in [2.24, 2.45) is 5.10 Å². The van der Waals surface area contributed by atoms with E-state index >= 15 is 0 Å². The molecule has 7 nitrogen and oxygen atoms in total. The van der Waals surface area contributed by atoms with Crippen LogP contribution in [0.15, 0.2) is 46.0 Å². The van der Waals surface area contributed by atoms with Gasteiger partial charge >= 0.3 is 0 Å². The lowest BCUT2D eigenvalue weighted by atomic mass is 10.2. The number of hydrazone groups is 1. The molecule has 0 saturated carbocycles. The van der Waals surface area contributed by atoms with Gasteiger partial charge in [-0.3, -0.25) is 9.59 Å². The Morgan fingerprint density at radius 2 is 2.04 bits per heavy atom. The first-order valence-electron chi connectivity index (χ1n) is 7.33. The predicted molar refractivity (Wildman–Crippen MR) is 103 cm³/mol. The van der Waals surface area contributed by atoms with Crippen molar-refractivity contribution in [1.29, 1.82) is 0 Å². The van der Waals surface area contributed by atoms with Crippen LogP contribution in [0.4, 0.5) is 5.69 Å². The number of benzene rings is 2. The Balaban J connectivity index is 1.90. The van der Waals surface area contributed by atoms with Gasteiger partial charge in [-0.1, -0.05) is 23.7 Å². The summed E-state index contributed by atoms with van der Waals surface area (Å²) in [6.07, 6.45) is 0.946. The lowest BCUT2D eigenvalue weighted by Gasteiger charge is -2.07. The number of anilines is 1. The van der Waals surface area contributed by atoms with Crippen molar-refractivity contribution >= 4 is 51.2 Å². The third-order valence-corrected chi connectivity index (χ3v) is 4.08. The van der Waals surface area contributed by atoms with E-state index in [-0.39, 0.29) is 11.5 Å². The number of hydrogen-bond acceptors (Lipinski definition) is 5. The number of methoxy groups -OCH3 is 1. The van der Waals surface area contributed by atoms with E-state index in [9.17, 15) is 14.7 Å². The minimum Gasteiger partial charge on any atom is -0.503 e. The fourth-order valence-electron chi connectivity index (χ4n) is 1.95. The molecule has 0 aliphatic heterocycles. The molecule has 0 aromatic heterocycles. The summed E-state index contributed by atoms with van der Waals surface area (Å²) >= 11 is 9.12. The zero-order valence-corrected chi connectivity index (χ0v) is 16.0. The summed E-state index contributed by atoms with van der Waals surface area (Å²) in [5.41, 5.74) is 3.26. The highest BCUT2D eigenvalue weighted by molar-refractivity contribution is 9.10. The van der Waals surface area contributed by atoms with Gasteiger partial charge in [0.15, 0.2) is 11.5 Å². The Labute approximate surface area is 163 Å². The smallest absolute Gasteiger partial charge is 0.249 e. The topological polar surface area (TPSA) is 100 Å². The number of hydrogen-bond donors (Lipinski definition) is 3. The highest BCUT2D eigenvalue weighted by Crippen LogP contribution is 2.34. The van der Waals surface area contributed by atoms with E-state index in [1.807, 2.05) is 0 Å². The molecule has 9 heteroatoms. The molecule has 0 unspecified atom stereocenters. The molecule has 2 aromatic rings. The van der Waals surface area contributed by atoms with Crippen LogP contribution in [0.25, 0.3) is 0 Å². The van der Waals surface area contributed by atoms with E-state index in [2.05, 4.69) is 31.8 Å². The first-order chi connectivity index (χ1) is 12.4. The van der Waals surface area contributed by atoms with E-state index in [0.29, 0.717) is 20.7 Å². The average molecular weight is 441 g/mol. The molecule has 0 fully saturated rings. The van der Waals surface area contributed by atoms with Crippen molar-refractivity contribution in [3.63, 3.8) is 0 Å². The number of ether oxygens (including phenoxy) is 1. The number of amides is 2. The SMILES string of the molecule is COc1cc(C=NNC(=O)CC(=O)Nc2ccccc2Cl)cc(Br)c1O. The molecule has 26 heavy (non-hydrogen) atoms. The van der Waals surface area contributed by atoms with E-state index in [1.165, 1.54) is 13.3 Å². The van der Waals surface area contributed by atoms with Gasteiger partial charge in [0, 0.05) is 0 Å². The summed E-state index contributed by atoms with van der Waals surface area (Å²) in [7, 11) is 1.42. The number of carbonyl (C=O) groups excluding carboxylic acids is 2. The molecule has 0 radical (unpaired) electrons. The second-order valence-corrected chi connectivity index (χ2v) is 6.31. The molecule has 2 amide bonds. The van der Waals surface area contributed by atoms with Gasteiger partial charge in [0.05, 0.1) is 28.5 Å². The second kappa shape index (κ2) is 9.21. The van der Waals surface area contributed by atoms with Crippen LogP contribution >= 0.6 is 27.5 Å². The van der Waals surface area contributed by atoms with Gasteiger partial charge in [-0.15, -0.1) is 0 Å². The maximum Gasteiger partial charge on any atom is 0.249 e. The summed E-state index contributed by atoms with van der Waals surface area (Å²) in [6.45, 7) is 0. The molecular weight excluding hydrogens is 426 g/mol. The lowest BCUT2D eigenvalue weighted by molar-refractivity contribution is -0.126. The summed E-state index contributed by atoms with van der Waals surface area (Å²) in [6, 6.07) is 9.85. The fourth-order valence-corrected chi connectivity index (χ4v) is 2.59. The van der Waals surface area contributed by atoms with Crippen LogP contribution in [0.2, 0.25) is 5.02 Å². The van der Waals surface area contributed by atoms with Gasteiger partial charge in [0.25, 0.3) is 0 Å². The molecule has 2 aromatic carbocycles. The number of halogens is 2. The first-order valence-corrected chi connectivity index (χ1v) is 8.50. The fraction of sp³-hybridized carbons (Fsp3) is 0.118. The molecule has 0 spiro atoms. The third kappa shape index (κ3) is 5.47. The number of phenols is 1. The first kappa shape index (κ1) is 19.7. The van der Waals surface area contributed by atoms with Crippen LogP contribution in [-0.2, 0) is 9.59 Å². The van der Waals surface area contributed by atoms with Crippen molar-refractivity contribution < 1.29 is 19.4 Å². The number of aromatic hydroxyl groups is 1. The van der Waals surface area contributed by atoms with Crippen molar-refractivity contribution in [3.8, 4) is 11.5 Å². The van der Waals surface area contributed by atoms with Crippen LogP contribution in [0.1, 0.15) is 12.0 Å². The molecular formula is C17H15BrClN3O4. The maximum absolute atomic E-state index is 11.8. The van der Waals surface area contributed by atoms with Crippen molar-refractivity contribution in [1.82, 2.24) is 5.43 Å². The van der Waals surface area contributed by atoms with Crippen LogP contribution in [-0.4, -0.2) is 30.2 Å². The predicted octanol–water partition coefficient (Wildman–Crippen LogP) is 3.30. The van der Waals surface area contributed by atoms with Crippen LogP contribution in [0, 0.1) is 0 Å². The van der Waals surface area contributed by atoms with Gasteiger partial charge < -0.3 is 15.2 Å². The van der Waals surface area contributed by atoms with E-state index < -0.39 is 18.2 Å². The second-order valence-electron chi connectivity index (χ2n) is 5.05. The maximum atomic E-state index is 11.8. The normalized spacial score (nSPS) is 10.6. The molecule has 0 aliphatic rings. The van der Waals surface area contributed by atoms with E-state index in [4.69, 9.17) is 16.3 Å². The minimum absolute atomic E-state index is 0.0371. The number of nitrogens with one attached hydrogen (secondary N) is 2. The van der Waals surface area contributed by atoms with E-state index in [1.54, 1.807) is 36.4 Å². The third-order valence-electron chi connectivity index (χ3n) is 3.14. The van der Waals surface area contributed by atoms with Crippen LogP contribution < -0.4 is 15.5 Å². The average Bonchev–Trinajstić information content (AvgIpc) is 2.59. The molecule has 2 rings (SSSR count). The minimum atomic E-state index is -0.587. The van der Waals surface area contributed by atoms with Crippen molar-refractivity contribution in [2.75, 3.05) is 12.4 Å². The highest BCUT2D eigenvalue weighted by Gasteiger charge is 2.11.